The largest absolute Gasteiger partial charge is 0.492 e. The highest BCUT2D eigenvalue weighted by atomic mass is 79.9. The van der Waals surface area contributed by atoms with E-state index in [0.717, 1.165) is 6.42 Å². The molecule has 2 amide bonds. The van der Waals surface area contributed by atoms with Gasteiger partial charge in [0.2, 0.25) is 0 Å². The first kappa shape index (κ1) is 22.8. The lowest BCUT2D eigenvalue weighted by Crippen LogP contribution is -2.34. The van der Waals surface area contributed by atoms with E-state index in [4.69, 9.17) is 17.0 Å². The van der Waals surface area contributed by atoms with E-state index in [1.165, 1.54) is 0 Å². The number of amides is 2. The Kier molecular flexibility index (Phi) is 8.60. The number of carbonyl (C=O) groups excluding carboxylic acids is 2. The molecule has 0 aliphatic heterocycles. The van der Waals surface area contributed by atoms with E-state index in [1.807, 2.05) is 20.8 Å². The van der Waals surface area contributed by atoms with Gasteiger partial charge in [0.25, 0.3) is 11.8 Å². The van der Waals surface area contributed by atoms with Crippen LogP contribution in [-0.2, 0) is 0 Å². The number of anilines is 1. The third-order valence-corrected chi connectivity index (χ3v) is 4.51. The molecule has 8 heteroatoms. The van der Waals surface area contributed by atoms with Crippen molar-refractivity contribution in [1.82, 2.24) is 10.6 Å². The molecule has 2 rings (SSSR count). The molecule has 154 valence electrons. The van der Waals surface area contributed by atoms with Crippen molar-refractivity contribution in [2.45, 2.75) is 33.2 Å². The molecule has 0 aromatic heterocycles. The molecule has 0 radical (unpaired) electrons. The Labute approximate surface area is 184 Å². The summed E-state index contributed by atoms with van der Waals surface area (Å²) in [7, 11) is 0. The summed E-state index contributed by atoms with van der Waals surface area (Å²) in [5.74, 6) is 0.161. The van der Waals surface area contributed by atoms with Gasteiger partial charge in [-0.05, 0) is 84.8 Å². The van der Waals surface area contributed by atoms with Crippen LogP contribution in [0, 0.1) is 0 Å². The molecule has 0 atom stereocenters. The van der Waals surface area contributed by atoms with Gasteiger partial charge < -0.3 is 15.4 Å². The number of ether oxygens (including phenoxy) is 1. The molecule has 6 nitrogen and oxygen atoms in total. The molecular formula is C21H24BrN3O3S. The van der Waals surface area contributed by atoms with Crippen molar-refractivity contribution in [2.24, 2.45) is 0 Å². The number of benzene rings is 2. The fraction of sp³-hybridized carbons (Fsp3) is 0.286. The van der Waals surface area contributed by atoms with Crippen molar-refractivity contribution in [3.05, 3.63) is 58.1 Å². The van der Waals surface area contributed by atoms with Gasteiger partial charge in [-0.25, -0.2) is 0 Å². The molecule has 0 fully saturated rings. The van der Waals surface area contributed by atoms with Crippen LogP contribution in [0.2, 0.25) is 0 Å². The lowest BCUT2D eigenvalue weighted by molar-refractivity contribution is 0.0941. The molecule has 0 aliphatic rings. The number of halogens is 1. The lowest BCUT2D eigenvalue weighted by atomic mass is 10.2. The maximum atomic E-state index is 12.5. The van der Waals surface area contributed by atoms with Gasteiger partial charge in [0.15, 0.2) is 5.11 Å². The molecule has 29 heavy (non-hydrogen) atoms. The summed E-state index contributed by atoms with van der Waals surface area (Å²) in [5.41, 5.74) is 1.55. The zero-order valence-corrected chi connectivity index (χ0v) is 18.9. The van der Waals surface area contributed by atoms with Gasteiger partial charge in [0.1, 0.15) is 5.75 Å². The van der Waals surface area contributed by atoms with Crippen LogP contribution in [0.25, 0.3) is 0 Å². The fourth-order valence-electron chi connectivity index (χ4n) is 2.39. The molecule has 0 heterocycles. The molecule has 2 aromatic rings. The maximum absolute atomic E-state index is 12.5. The van der Waals surface area contributed by atoms with Gasteiger partial charge in [-0.3, -0.25) is 14.9 Å². The van der Waals surface area contributed by atoms with E-state index in [-0.39, 0.29) is 23.0 Å². The standard InChI is InChI=1S/C21H24BrN3O3S/c1-4-10-28-18-9-8-15(12-17(18)22)20(27)25-21(29)24-16-7-5-6-14(11-16)19(26)23-13(2)3/h5-9,11-13H,4,10H2,1-3H3,(H,23,26)(H2,24,25,27,29). The van der Waals surface area contributed by atoms with Crippen LogP contribution in [0.5, 0.6) is 5.75 Å². The second kappa shape index (κ2) is 10.9. The van der Waals surface area contributed by atoms with Crippen molar-refractivity contribution < 1.29 is 14.3 Å². The predicted molar refractivity (Wildman–Crippen MR) is 123 cm³/mol. The minimum absolute atomic E-state index is 0.0394. The molecule has 0 spiro atoms. The summed E-state index contributed by atoms with van der Waals surface area (Å²) in [4.78, 5) is 24.6. The van der Waals surface area contributed by atoms with Crippen molar-refractivity contribution in [2.75, 3.05) is 11.9 Å². The number of carbonyl (C=O) groups is 2. The average molecular weight is 478 g/mol. The maximum Gasteiger partial charge on any atom is 0.257 e. The molecule has 2 aromatic carbocycles. The van der Waals surface area contributed by atoms with Crippen molar-refractivity contribution in [3.63, 3.8) is 0 Å². The lowest BCUT2D eigenvalue weighted by Gasteiger charge is -2.13. The SMILES string of the molecule is CCCOc1ccc(C(=O)NC(=S)Nc2cccc(C(=O)NC(C)C)c2)cc1Br. The fourth-order valence-corrected chi connectivity index (χ4v) is 3.10. The Balaban J connectivity index is 1.99. The third kappa shape index (κ3) is 7.14. The van der Waals surface area contributed by atoms with E-state index in [9.17, 15) is 9.59 Å². The highest BCUT2D eigenvalue weighted by Crippen LogP contribution is 2.26. The van der Waals surface area contributed by atoms with Crippen LogP contribution in [-0.4, -0.2) is 29.6 Å². The second-order valence-electron chi connectivity index (χ2n) is 6.61. The monoisotopic (exact) mass is 477 g/mol. The topological polar surface area (TPSA) is 79.5 Å². The number of nitrogens with one attached hydrogen (secondary N) is 3. The van der Waals surface area contributed by atoms with Crippen molar-refractivity contribution in [3.8, 4) is 5.75 Å². The predicted octanol–water partition coefficient (Wildman–Crippen LogP) is 4.50. The van der Waals surface area contributed by atoms with Gasteiger partial charge in [0, 0.05) is 22.9 Å². The van der Waals surface area contributed by atoms with E-state index in [0.29, 0.717) is 33.6 Å². The van der Waals surface area contributed by atoms with E-state index in [1.54, 1.807) is 42.5 Å². The van der Waals surface area contributed by atoms with Gasteiger partial charge in [-0.15, -0.1) is 0 Å². The van der Waals surface area contributed by atoms with Crippen LogP contribution in [0.15, 0.2) is 46.9 Å². The third-order valence-electron chi connectivity index (χ3n) is 3.69. The summed E-state index contributed by atoms with van der Waals surface area (Å²) in [6.07, 6.45) is 0.898. The van der Waals surface area contributed by atoms with Crippen LogP contribution in [0.3, 0.4) is 0 Å². The zero-order chi connectivity index (χ0) is 21.4. The number of hydrogen-bond donors (Lipinski definition) is 3. The van der Waals surface area contributed by atoms with Gasteiger partial charge in [0.05, 0.1) is 11.1 Å². The van der Waals surface area contributed by atoms with Crippen molar-refractivity contribution in [1.29, 1.82) is 0 Å². The number of rotatable bonds is 7. The van der Waals surface area contributed by atoms with Crippen LogP contribution in [0.1, 0.15) is 47.9 Å². The van der Waals surface area contributed by atoms with Crippen LogP contribution < -0.4 is 20.7 Å². The van der Waals surface area contributed by atoms with Crippen molar-refractivity contribution >= 4 is 50.8 Å². The summed E-state index contributed by atoms with van der Waals surface area (Å²) in [5, 5.41) is 8.53. The summed E-state index contributed by atoms with van der Waals surface area (Å²) in [6.45, 7) is 6.42. The van der Waals surface area contributed by atoms with E-state index < -0.39 is 0 Å². The summed E-state index contributed by atoms with van der Waals surface area (Å²) < 4.78 is 6.28. The Morgan fingerprint density at radius 2 is 1.83 bits per heavy atom. The highest BCUT2D eigenvalue weighted by Gasteiger charge is 2.12. The molecular weight excluding hydrogens is 454 g/mol. The first-order valence-corrected chi connectivity index (χ1v) is 10.5. The Morgan fingerprint density at radius 3 is 2.48 bits per heavy atom. The molecule has 0 bridgehead atoms. The van der Waals surface area contributed by atoms with Crippen LogP contribution in [0.4, 0.5) is 5.69 Å². The smallest absolute Gasteiger partial charge is 0.257 e. The molecule has 3 N–H and O–H groups in total. The number of hydrogen-bond acceptors (Lipinski definition) is 4. The molecule has 0 saturated carbocycles. The first-order valence-electron chi connectivity index (χ1n) is 9.25. The van der Waals surface area contributed by atoms with Crippen LogP contribution >= 0.6 is 28.1 Å². The minimum Gasteiger partial charge on any atom is -0.492 e. The first-order chi connectivity index (χ1) is 13.8. The minimum atomic E-state index is -0.348. The van der Waals surface area contributed by atoms with Gasteiger partial charge in [-0.2, -0.15) is 0 Å². The normalized spacial score (nSPS) is 10.4. The zero-order valence-electron chi connectivity index (χ0n) is 16.5. The van der Waals surface area contributed by atoms with Gasteiger partial charge >= 0.3 is 0 Å². The second-order valence-corrected chi connectivity index (χ2v) is 7.87. The number of thiocarbonyl (C=S) groups is 1. The van der Waals surface area contributed by atoms with E-state index in [2.05, 4.69) is 31.9 Å². The Bertz CT molecular complexity index is 902. The molecule has 0 saturated heterocycles. The highest BCUT2D eigenvalue weighted by molar-refractivity contribution is 9.10. The Morgan fingerprint density at radius 1 is 1.10 bits per heavy atom. The summed E-state index contributed by atoms with van der Waals surface area (Å²) >= 11 is 8.64. The molecule has 0 unspecified atom stereocenters. The quantitative estimate of drug-likeness (QED) is 0.511. The van der Waals surface area contributed by atoms with E-state index >= 15 is 0 Å². The molecule has 0 aliphatic carbocycles. The summed E-state index contributed by atoms with van der Waals surface area (Å²) in [6, 6.07) is 12.0. The average Bonchev–Trinajstić information content (AvgIpc) is 2.66. The van der Waals surface area contributed by atoms with Gasteiger partial charge in [-0.1, -0.05) is 13.0 Å². The Hall–Kier alpha value is -2.45.